The summed E-state index contributed by atoms with van der Waals surface area (Å²) in [5.74, 6) is -0.355. The van der Waals surface area contributed by atoms with E-state index in [-0.39, 0.29) is 11.6 Å². The molecule has 19 heavy (non-hydrogen) atoms. The van der Waals surface area contributed by atoms with Crippen LogP contribution in [0.15, 0.2) is 39.4 Å². The SMILES string of the molecule is Nc1cc(Br)cc(Br)c1NC(=O)c1ccc(Cl)cn1. The Morgan fingerprint density at radius 3 is 2.63 bits per heavy atom. The van der Waals surface area contributed by atoms with Crippen LogP contribution in [0.25, 0.3) is 0 Å². The van der Waals surface area contributed by atoms with Gasteiger partial charge in [-0.1, -0.05) is 27.5 Å². The monoisotopic (exact) mass is 403 g/mol. The van der Waals surface area contributed by atoms with Gasteiger partial charge in [0, 0.05) is 15.1 Å². The summed E-state index contributed by atoms with van der Waals surface area (Å²) in [6.07, 6.45) is 1.41. The lowest BCUT2D eigenvalue weighted by atomic mass is 10.2. The number of nitrogens with one attached hydrogen (secondary N) is 1. The number of rotatable bonds is 2. The Labute approximate surface area is 131 Å². The zero-order chi connectivity index (χ0) is 14.0. The van der Waals surface area contributed by atoms with Crippen molar-refractivity contribution in [2.24, 2.45) is 0 Å². The average molecular weight is 405 g/mol. The summed E-state index contributed by atoms with van der Waals surface area (Å²) in [4.78, 5) is 16.0. The number of carbonyl (C=O) groups excluding carboxylic acids is 1. The largest absolute Gasteiger partial charge is 0.397 e. The van der Waals surface area contributed by atoms with Crippen molar-refractivity contribution < 1.29 is 4.79 Å². The second-order valence-electron chi connectivity index (χ2n) is 3.67. The van der Waals surface area contributed by atoms with E-state index in [4.69, 9.17) is 17.3 Å². The van der Waals surface area contributed by atoms with E-state index < -0.39 is 0 Å². The van der Waals surface area contributed by atoms with Gasteiger partial charge in [0.15, 0.2) is 0 Å². The molecule has 4 nitrogen and oxygen atoms in total. The molecule has 2 aromatic rings. The number of pyridine rings is 1. The third-order valence-corrected chi connectivity index (χ3v) is 3.59. The van der Waals surface area contributed by atoms with Gasteiger partial charge in [0.05, 0.1) is 16.4 Å². The van der Waals surface area contributed by atoms with Gasteiger partial charge in [-0.15, -0.1) is 0 Å². The van der Waals surface area contributed by atoms with Crippen molar-refractivity contribution in [2.45, 2.75) is 0 Å². The first-order valence-corrected chi connectivity index (χ1v) is 7.11. The molecule has 1 aromatic carbocycles. The summed E-state index contributed by atoms with van der Waals surface area (Å²) in [5, 5.41) is 3.18. The molecule has 0 unspecified atom stereocenters. The summed E-state index contributed by atoms with van der Waals surface area (Å²) in [6.45, 7) is 0. The highest BCUT2D eigenvalue weighted by molar-refractivity contribution is 9.11. The number of aromatic nitrogens is 1. The number of anilines is 2. The van der Waals surface area contributed by atoms with Crippen LogP contribution in [0.3, 0.4) is 0 Å². The standard InChI is InChI=1S/C12H8Br2ClN3O/c13-6-3-8(14)11(9(16)4-6)18-12(19)10-2-1-7(15)5-17-10/h1-5H,16H2,(H,18,19). The number of hydrogen-bond acceptors (Lipinski definition) is 3. The summed E-state index contributed by atoms with van der Waals surface area (Å²) < 4.78 is 1.50. The van der Waals surface area contributed by atoms with Gasteiger partial charge in [0.2, 0.25) is 0 Å². The molecule has 0 aliphatic carbocycles. The van der Waals surface area contributed by atoms with E-state index in [0.29, 0.717) is 20.9 Å². The Bertz CT molecular complexity index is 608. The molecular weight excluding hydrogens is 397 g/mol. The van der Waals surface area contributed by atoms with E-state index >= 15 is 0 Å². The van der Waals surface area contributed by atoms with E-state index in [1.54, 1.807) is 24.3 Å². The highest BCUT2D eigenvalue weighted by Crippen LogP contribution is 2.32. The van der Waals surface area contributed by atoms with Crippen molar-refractivity contribution in [3.05, 3.63) is 50.1 Å². The molecular formula is C12H8Br2ClN3O. The molecule has 1 amide bonds. The van der Waals surface area contributed by atoms with Crippen LogP contribution in [0, 0.1) is 0 Å². The molecule has 0 aliphatic heterocycles. The van der Waals surface area contributed by atoms with Crippen LogP contribution < -0.4 is 11.1 Å². The fraction of sp³-hybridized carbons (Fsp3) is 0. The van der Waals surface area contributed by atoms with Crippen molar-refractivity contribution in [2.75, 3.05) is 11.1 Å². The zero-order valence-corrected chi connectivity index (χ0v) is 13.4. The number of nitrogens with two attached hydrogens (primary N) is 1. The lowest BCUT2D eigenvalue weighted by Crippen LogP contribution is -2.15. The molecule has 0 fully saturated rings. The lowest BCUT2D eigenvalue weighted by molar-refractivity contribution is 0.102. The maximum Gasteiger partial charge on any atom is 0.274 e. The van der Waals surface area contributed by atoms with Gasteiger partial charge >= 0.3 is 0 Å². The van der Waals surface area contributed by atoms with Crippen molar-refractivity contribution in [3.63, 3.8) is 0 Å². The molecule has 0 atom stereocenters. The highest BCUT2D eigenvalue weighted by Gasteiger charge is 2.12. The topological polar surface area (TPSA) is 68.0 Å². The first-order valence-electron chi connectivity index (χ1n) is 5.15. The summed E-state index contributed by atoms with van der Waals surface area (Å²) in [6, 6.07) is 6.64. The number of amides is 1. The molecule has 3 N–H and O–H groups in total. The molecule has 0 radical (unpaired) electrons. The minimum absolute atomic E-state index is 0.263. The maximum atomic E-state index is 12.0. The minimum Gasteiger partial charge on any atom is -0.397 e. The highest BCUT2D eigenvalue weighted by atomic mass is 79.9. The smallest absolute Gasteiger partial charge is 0.274 e. The second-order valence-corrected chi connectivity index (χ2v) is 5.87. The first kappa shape index (κ1) is 14.3. The van der Waals surface area contributed by atoms with Crippen LogP contribution >= 0.6 is 43.5 Å². The molecule has 98 valence electrons. The van der Waals surface area contributed by atoms with E-state index in [1.807, 2.05) is 0 Å². The van der Waals surface area contributed by atoms with Gasteiger partial charge < -0.3 is 11.1 Å². The Kier molecular flexibility index (Phi) is 4.44. The van der Waals surface area contributed by atoms with Crippen LogP contribution in [0.5, 0.6) is 0 Å². The predicted molar refractivity (Wildman–Crippen MR) is 83.5 cm³/mol. The van der Waals surface area contributed by atoms with Gasteiger partial charge in [-0.05, 0) is 40.2 Å². The molecule has 1 aromatic heterocycles. The molecule has 0 bridgehead atoms. The van der Waals surface area contributed by atoms with Crippen molar-refractivity contribution in [1.82, 2.24) is 4.98 Å². The van der Waals surface area contributed by atoms with Crippen molar-refractivity contribution >= 4 is 60.7 Å². The first-order chi connectivity index (χ1) is 8.97. The van der Waals surface area contributed by atoms with E-state index in [0.717, 1.165) is 4.47 Å². The van der Waals surface area contributed by atoms with Crippen molar-refractivity contribution in [3.8, 4) is 0 Å². The van der Waals surface area contributed by atoms with Crippen LogP contribution in [0.1, 0.15) is 10.5 Å². The molecule has 1 heterocycles. The third kappa shape index (κ3) is 3.46. The quantitative estimate of drug-likeness (QED) is 0.740. The summed E-state index contributed by atoms with van der Waals surface area (Å²) in [5.41, 5.74) is 7.07. The summed E-state index contributed by atoms with van der Waals surface area (Å²) >= 11 is 12.4. The van der Waals surface area contributed by atoms with E-state index in [2.05, 4.69) is 42.2 Å². The second kappa shape index (κ2) is 5.90. The Morgan fingerprint density at radius 2 is 2.05 bits per heavy atom. The maximum absolute atomic E-state index is 12.0. The molecule has 0 saturated heterocycles. The van der Waals surface area contributed by atoms with Gasteiger partial charge in [-0.2, -0.15) is 0 Å². The molecule has 2 rings (SSSR count). The van der Waals surface area contributed by atoms with Crippen LogP contribution in [0.2, 0.25) is 5.02 Å². The Morgan fingerprint density at radius 1 is 1.32 bits per heavy atom. The normalized spacial score (nSPS) is 10.3. The van der Waals surface area contributed by atoms with Crippen LogP contribution in [0.4, 0.5) is 11.4 Å². The van der Waals surface area contributed by atoms with Gasteiger partial charge in [-0.25, -0.2) is 4.98 Å². The molecule has 0 saturated carbocycles. The number of nitrogens with zero attached hydrogens (tertiary/aromatic N) is 1. The van der Waals surface area contributed by atoms with Gasteiger partial charge in [0.1, 0.15) is 5.69 Å². The number of halogens is 3. The molecule has 7 heteroatoms. The Hall–Kier alpha value is -1.11. The van der Waals surface area contributed by atoms with E-state index in [9.17, 15) is 4.79 Å². The van der Waals surface area contributed by atoms with Crippen LogP contribution in [-0.4, -0.2) is 10.9 Å². The third-order valence-electron chi connectivity index (χ3n) is 2.28. The van der Waals surface area contributed by atoms with E-state index in [1.165, 1.54) is 6.20 Å². The molecule has 0 aliphatic rings. The Balaban J connectivity index is 2.26. The van der Waals surface area contributed by atoms with Crippen molar-refractivity contribution in [1.29, 1.82) is 0 Å². The van der Waals surface area contributed by atoms with Crippen LogP contribution in [-0.2, 0) is 0 Å². The zero-order valence-electron chi connectivity index (χ0n) is 9.45. The average Bonchev–Trinajstić information content (AvgIpc) is 2.34. The fourth-order valence-corrected chi connectivity index (χ4v) is 2.88. The number of hydrogen-bond donors (Lipinski definition) is 2. The molecule has 0 spiro atoms. The lowest BCUT2D eigenvalue weighted by Gasteiger charge is -2.10. The summed E-state index contributed by atoms with van der Waals surface area (Å²) in [7, 11) is 0. The number of carbonyl (C=O) groups is 1. The number of nitrogen functional groups attached to an aromatic ring is 1. The number of benzene rings is 1. The minimum atomic E-state index is -0.355. The van der Waals surface area contributed by atoms with Gasteiger partial charge in [-0.3, -0.25) is 4.79 Å². The predicted octanol–water partition coefficient (Wildman–Crippen LogP) is 4.09. The fourth-order valence-electron chi connectivity index (χ4n) is 1.41. The van der Waals surface area contributed by atoms with Gasteiger partial charge in [0.25, 0.3) is 5.91 Å².